The largest absolute Gasteiger partial charge is 0.375 e. The third-order valence-electron chi connectivity index (χ3n) is 3.44. The van der Waals surface area contributed by atoms with Crippen molar-refractivity contribution < 1.29 is 4.74 Å². The van der Waals surface area contributed by atoms with Crippen molar-refractivity contribution in [2.45, 2.75) is 44.5 Å². The van der Waals surface area contributed by atoms with Gasteiger partial charge in [0, 0.05) is 12.6 Å². The number of nitrogens with one attached hydrogen (secondary N) is 1. The minimum absolute atomic E-state index is 0.495. The summed E-state index contributed by atoms with van der Waals surface area (Å²) >= 11 is 0. The predicted octanol–water partition coefficient (Wildman–Crippen LogP) is 0.805. The van der Waals surface area contributed by atoms with E-state index in [4.69, 9.17) is 4.74 Å². The molecule has 0 radical (unpaired) electrons. The average molecular weight is 184 g/mol. The lowest BCUT2D eigenvalue weighted by Gasteiger charge is -2.41. The summed E-state index contributed by atoms with van der Waals surface area (Å²) in [5.41, 5.74) is 0. The molecule has 3 atom stereocenters. The Hall–Kier alpha value is -0.120. The van der Waals surface area contributed by atoms with Crippen molar-refractivity contribution in [1.82, 2.24) is 10.2 Å². The van der Waals surface area contributed by atoms with E-state index < -0.39 is 0 Å². The van der Waals surface area contributed by atoms with Crippen LogP contribution in [0, 0.1) is 0 Å². The van der Waals surface area contributed by atoms with Crippen molar-refractivity contribution in [3.05, 3.63) is 0 Å². The van der Waals surface area contributed by atoms with Gasteiger partial charge in [-0.3, -0.25) is 4.90 Å². The summed E-state index contributed by atoms with van der Waals surface area (Å²) in [5, 5.41) is 3.32. The van der Waals surface area contributed by atoms with E-state index >= 15 is 0 Å². The monoisotopic (exact) mass is 184 g/mol. The molecule has 1 unspecified atom stereocenters. The molecule has 0 aromatic rings. The molecule has 1 heterocycles. The molecule has 13 heavy (non-hydrogen) atoms. The third kappa shape index (κ3) is 1.73. The first kappa shape index (κ1) is 9.44. The Morgan fingerprint density at radius 2 is 2.31 bits per heavy atom. The molecule has 0 amide bonds. The molecule has 76 valence electrons. The smallest absolute Gasteiger partial charge is 0.0731 e. The molecule has 1 aliphatic heterocycles. The van der Waals surface area contributed by atoms with Gasteiger partial charge in [-0.2, -0.15) is 0 Å². The van der Waals surface area contributed by atoms with Gasteiger partial charge in [0.2, 0.25) is 0 Å². The van der Waals surface area contributed by atoms with Crippen molar-refractivity contribution in [2.24, 2.45) is 0 Å². The molecule has 2 fully saturated rings. The fourth-order valence-electron chi connectivity index (χ4n) is 2.60. The van der Waals surface area contributed by atoms with Crippen LogP contribution in [-0.2, 0) is 4.74 Å². The van der Waals surface area contributed by atoms with E-state index in [-0.39, 0.29) is 0 Å². The van der Waals surface area contributed by atoms with Crippen LogP contribution in [0.2, 0.25) is 0 Å². The maximum atomic E-state index is 5.76. The van der Waals surface area contributed by atoms with Crippen LogP contribution in [0.15, 0.2) is 0 Å². The molecule has 1 N–H and O–H groups in total. The van der Waals surface area contributed by atoms with E-state index in [0.717, 1.165) is 13.2 Å². The summed E-state index contributed by atoms with van der Waals surface area (Å²) in [6.45, 7) is 4.23. The summed E-state index contributed by atoms with van der Waals surface area (Å²) in [6.07, 6.45) is 4.93. The van der Waals surface area contributed by atoms with Crippen LogP contribution in [0.4, 0.5) is 0 Å². The zero-order valence-electron chi connectivity index (χ0n) is 8.62. The first-order chi connectivity index (χ1) is 6.33. The molecular weight excluding hydrogens is 164 g/mol. The Bertz CT molecular complexity index is 174. The van der Waals surface area contributed by atoms with Gasteiger partial charge < -0.3 is 10.1 Å². The number of fused-ring (bicyclic) bond motifs is 1. The molecule has 1 saturated carbocycles. The van der Waals surface area contributed by atoms with Crippen LogP contribution in [0.3, 0.4) is 0 Å². The van der Waals surface area contributed by atoms with Crippen molar-refractivity contribution in [3.63, 3.8) is 0 Å². The normalized spacial score (nSPS) is 37.4. The van der Waals surface area contributed by atoms with Gasteiger partial charge >= 0.3 is 0 Å². The molecular formula is C10H20N2O. The summed E-state index contributed by atoms with van der Waals surface area (Å²) in [4.78, 5) is 2.56. The standard InChI is InChI=1S/C10H20N2O/c1-8(11-2)12-6-7-13-10-5-3-4-9(10)12/h8-11H,3-7H2,1-2H3/t8?,9-,10-/m0/s1. The lowest BCUT2D eigenvalue weighted by atomic mass is 10.1. The fraction of sp³-hybridized carbons (Fsp3) is 1.00. The highest BCUT2D eigenvalue weighted by Crippen LogP contribution is 2.30. The van der Waals surface area contributed by atoms with E-state index in [1.807, 2.05) is 7.05 Å². The van der Waals surface area contributed by atoms with Gasteiger partial charge in [0.25, 0.3) is 0 Å². The quantitative estimate of drug-likeness (QED) is 0.687. The number of hydrogen-bond donors (Lipinski definition) is 1. The van der Waals surface area contributed by atoms with Crippen molar-refractivity contribution >= 4 is 0 Å². The van der Waals surface area contributed by atoms with Crippen molar-refractivity contribution in [3.8, 4) is 0 Å². The Balaban J connectivity index is 2.01. The zero-order chi connectivity index (χ0) is 9.26. The zero-order valence-corrected chi connectivity index (χ0v) is 8.62. The first-order valence-electron chi connectivity index (χ1n) is 5.37. The van der Waals surface area contributed by atoms with Gasteiger partial charge in [-0.05, 0) is 33.2 Å². The summed E-state index contributed by atoms with van der Waals surface area (Å²) in [5.74, 6) is 0. The molecule has 2 rings (SSSR count). The van der Waals surface area contributed by atoms with Crippen LogP contribution in [0.5, 0.6) is 0 Å². The molecule has 1 saturated heterocycles. The van der Waals surface area contributed by atoms with E-state index in [0.29, 0.717) is 18.3 Å². The molecule has 0 spiro atoms. The van der Waals surface area contributed by atoms with Gasteiger partial charge in [-0.15, -0.1) is 0 Å². The highest BCUT2D eigenvalue weighted by Gasteiger charge is 2.37. The van der Waals surface area contributed by atoms with Crippen molar-refractivity contribution in [1.29, 1.82) is 0 Å². The molecule has 1 aliphatic carbocycles. The van der Waals surface area contributed by atoms with E-state index in [1.165, 1.54) is 19.3 Å². The van der Waals surface area contributed by atoms with Crippen LogP contribution in [0.1, 0.15) is 26.2 Å². The topological polar surface area (TPSA) is 24.5 Å². The molecule has 0 aromatic carbocycles. The minimum atomic E-state index is 0.495. The molecule has 3 heteroatoms. The third-order valence-corrected chi connectivity index (χ3v) is 3.44. The van der Waals surface area contributed by atoms with Gasteiger partial charge in [-0.1, -0.05) is 0 Å². The lowest BCUT2D eigenvalue weighted by molar-refractivity contribution is -0.0728. The second kappa shape index (κ2) is 3.95. The Labute approximate surface area is 80.4 Å². The Morgan fingerprint density at radius 1 is 1.46 bits per heavy atom. The van der Waals surface area contributed by atoms with Crippen LogP contribution < -0.4 is 5.32 Å². The Morgan fingerprint density at radius 3 is 3.08 bits per heavy atom. The predicted molar refractivity (Wildman–Crippen MR) is 52.6 cm³/mol. The number of morpholine rings is 1. The second-order valence-corrected chi connectivity index (χ2v) is 4.11. The number of hydrogen-bond acceptors (Lipinski definition) is 3. The van der Waals surface area contributed by atoms with E-state index in [2.05, 4.69) is 17.1 Å². The molecule has 2 aliphatic rings. The number of ether oxygens (including phenoxy) is 1. The minimum Gasteiger partial charge on any atom is -0.375 e. The van der Waals surface area contributed by atoms with Crippen molar-refractivity contribution in [2.75, 3.05) is 20.2 Å². The average Bonchev–Trinajstić information content (AvgIpc) is 2.63. The van der Waals surface area contributed by atoms with Gasteiger partial charge in [0.1, 0.15) is 0 Å². The maximum absolute atomic E-state index is 5.76. The number of nitrogens with zero attached hydrogens (tertiary/aromatic N) is 1. The summed E-state index contributed by atoms with van der Waals surface area (Å²) in [7, 11) is 2.03. The summed E-state index contributed by atoms with van der Waals surface area (Å²) < 4.78 is 5.76. The van der Waals surface area contributed by atoms with E-state index in [9.17, 15) is 0 Å². The first-order valence-corrected chi connectivity index (χ1v) is 5.37. The SMILES string of the molecule is CNC(C)N1CCO[C@H]2CCC[C@@H]21. The Kier molecular flexibility index (Phi) is 2.86. The van der Waals surface area contributed by atoms with E-state index in [1.54, 1.807) is 0 Å². The fourth-order valence-corrected chi connectivity index (χ4v) is 2.60. The van der Waals surface area contributed by atoms with Gasteiger partial charge in [-0.25, -0.2) is 0 Å². The lowest BCUT2D eigenvalue weighted by Crippen LogP contribution is -2.55. The second-order valence-electron chi connectivity index (χ2n) is 4.11. The van der Waals surface area contributed by atoms with Crippen LogP contribution in [-0.4, -0.2) is 43.4 Å². The van der Waals surface area contributed by atoms with Crippen LogP contribution in [0.25, 0.3) is 0 Å². The molecule has 0 bridgehead atoms. The van der Waals surface area contributed by atoms with Gasteiger partial charge in [0.05, 0.1) is 18.9 Å². The van der Waals surface area contributed by atoms with Gasteiger partial charge in [0.15, 0.2) is 0 Å². The number of rotatable bonds is 2. The molecule has 3 nitrogen and oxygen atoms in total. The highest BCUT2D eigenvalue weighted by atomic mass is 16.5. The van der Waals surface area contributed by atoms with Crippen LogP contribution >= 0.6 is 0 Å². The maximum Gasteiger partial charge on any atom is 0.0731 e. The summed E-state index contributed by atoms with van der Waals surface area (Å²) in [6, 6.07) is 0.677. The molecule has 0 aromatic heterocycles. The highest BCUT2D eigenvalue weighted by molar-refractivity contribution is 4.90.